The van der Waals surface area contributed by atoms with Crippen LogP contribution in [0, 0.1) is 0 Å². The molecular weight excluding hydrogens is 390 g/mol. The number of benzene rings is 1. The summed E-state index contributed by atoms with van der Waals surface area (Å²) in [5.41, 5.74) is 2.80. The van der Waals surface area contributed by atoms with Crippen LogP contribution in [0.3, 0.4) is 0 Å². The molecule has 0 amide bonds. The highest BCUT2D eigenvalue weighted by atomic mass is 32.1. The van der Waals surface area contributed by atoms with Gasteiger partial charge in [0, 0.05) is 51.9 Å². The number of nitrogens with zero attached hydrogens (tertiary/aromatic N) is 3. The summed E-state index contributed by atoms with van der Waals surface area (Å²) in [5, 5.41) is 11.6. The lowest BCUT2D eigenvalue weighted by molar-refractivity contribution is 0.198. The largest absolute Gasteiger partial charge is 0.356 e. The van der Waals surface area contributed by atoms with Crippen LogP contribution in [0.25, 0.3) is 0 Å². The van der Waals surface area contributed by atoms with Crippen molar-refractivity contribution in [3.05, 3.63) is 58.3 Å². The van der Waals surface area contributed by atoms with Gasteiger partial charge in [0.2, 0.25) is 0 Å². The maximum atomic E-state index is 4.44. The van der Waals surface area contributed by atoms with E-state index >= 15 is 0 Å². The average Bonchev–Trinajstić information content (AvgIpc) is 3.28. The van der Waals surface area contributed by atoms with Crippen molar-refractivity contribution in [1.82, 2.24) is 20.4 Å². The first-order valence-corrected chi connectivity index (χ1v) is 12.0. The molecule has 2 aromatic rings. The van der Waals surface area contributed by atoms with Crippen LogP contribution in [-0.2, 0) is 13.1 Å². The Labute approximate surface area is 186 Å². The fraction of sp³-hybridized carbons (Fsp3) is 0.542. The Hall–Kier alpha value is -1.89. The Morgan fingerprint density at radius 1 is 1.20 bits per heavy atom. The lowest BCUT2D eigenvalue weighted by Crippen LogP contribution is -2.49. The highest BCUT2D eigenvalue weighted by molar-refractivity contribution is 7.07. The highest BCUT2D eigenvalue weighted by Crippen LogP contribution is 2.15. The number of rotatable bonds is 9. The predicted molar refractivity (Wildman–Crippen MR) is 129 cm³/mol. The van der Waals surface area contributed by atoms with Gasteiger partial charge in [-0.25, -0.2) is 0 Å². The molecule has 1 aromatic heterocycles. The molecule has 1 fully saturated rings. The van der Waals surface area contributed by atoms with Crippen LogP contribution in [0.1, 0.15) is 37.3 Å². The quantitative estimate of drug-likeness (QED) is 0.472. The van der Waals surface area contributed by atoms with E-state index in [-0.39, 0.29) is 0 Å². The van der Waals surface area contributed by atoms with Crippen LogP contribution in [0.15, 0.2) is 52.2 Å². The number of hydrogen-bond acceptors (Lipinski definition) is 4. The van der Waals surface area contributed by atoms with Gasteiger partial charge in [-0.05, 0) is 61.2 Å². The fourth-order valence-corrected chi connectivity index (χ4v) is 4.57. The smallest absolute Gasteiger partial charge is 0.191 e. The molecule has 5 nitrogen and oxygen atoms in total. The van der Waals surface area contributed by atoms with Crippen molar-refractivity contribution in [2.45, 2.75) is 51.4 Å². The van der Waals surface area contributed by atoms with E-state index < -0.39 is 0 Å². The summed E-state index contributed by atoms with van der Waals surface area (Å²) in [6.07, 6.45) is 3.42. The van der Waals surface area contributed by atoms with Gasteiger partial charge in [0.05, 0.1) is 0 Å². The van der Waals surface area contributed by atoms with Crippen molar-refractivity contribution in [2.24, 2.45) is 4.99 Å². The van der Waals surface area contributed by atoms with Crippen molar-refractivity contribution in [3.63, 3.8) is 0 Å². The van der Waals surface area contributed by atoms with Gasteiger partial charge in [-0.3, -0.25) is 14.8 Å². The summed E-state index contributed by atoms with van der Waals surface area (Å²) >= 11 is 1.79. The van der Waals surface area contributed by atoms with Crippen LogP contribution in [0.4, 0.5) is 0 Å². The molecule has 0 aliphatic carbocycles. The Morgan fingerprint density at radius 2 is 1.97 bits per heavy atom. The number of thiophene rings is 1. The second-order valence-electron chi connectivity index (χ2n) is 8.36. The summed E-state index contributed by atoms with van der Waals surface area (Å²) in [7, 11) is 4.07. The molecule has 30 heavy (non-hydrogen) atoms. The Bertz CT molecular complexity index is 738. The van der Waals surface area contributed by atoms with Crippen molar-refractivity contribution in [3.8, 4) is 0 Å². The normalized spacial score (nSPS) is 17.3. The van der Waals surface area contributed by atoms with Crippen LogP contribution in [0.2, 0.25) is 0 Å². The zero-order valence-electron chi connectivity index (χ0n) is 18.7. The molecule has 164 valence electrons. The van der Waals surface area contributed by atoms with Gasteiger partial charge in [0.1, 0.15) is 0 Å². The topological polar surface area (TPSA) is 42.9 Å². The molecule has 1 aliphatic rings. The van der Waals surface area contributed by atoms with Gasteiger partial charge >= 0.3 is 0 Å². The molecule has 1 unspecified atom stereocenters. The van der Waals surface area contributed by atoms with E-state index in [9.17, 15) is 0 Å². The molecule has 1 saturated heterocycles. The molecule has 0 spiro atoms. The molecule has 1 aromatic carbocycles. The van der Waals surface area contributed by atoms with Gasteiger partial charge in [0.25, 0.3) is 0 Å². The fourth-order valence-electron chi connectivity index (χ4n) is 3.91. The number of likely N-dealkylation sites (tertiary alicyclic amines) is 1. The summed E-state index contributed by atoms with van der Waals surface area (Å²) in [6.45, 7) is 7.58. The van der Waals surface area contributed by atoms with Crippen LogP contribution in [-0.4, -0.2) is 61.6 Å². The minimum Gasteiger partial charge on any atom is -0.356 e. The Kier molecular flexibility index (Phi) is 9.18. The predicted octanol–water partition coefficient (Wildman–Crippen LogP) is 3.79. The first kappa shape index (κ1) is 22.8. The molecule has 0 radical (unpaired) electrons. The molecule has 1 atom stereocenters. The van der Waals surface area contributed by atoms with E-state index in [4.69, 9.17) is 0 Å². The average molecular weight is 428 g/mol. The lowest BCUT2D eigenvalue weighted by Gasteiger charge is -2.33. The first-order chi connectivity index (χ1) is 14.6. The number of aliphatic imine (C=N–C) groups is 1. The van der Waals surface area contributed by atoms with Gasteiger partial charge in [-0.1, -0.05) is 30.3 Å². The van der Waals surface area contributed by atoms with Crippen molar-refractivity contribution >= 4 is 17.3 Å². The van der Waals surface area contributed by atoms with E-state index in [0.29, 0.717) is 12.1 Å². The lowest BCUT2D eigenvalue weighted by atomic mass is 10.0. The van der Waals surface area contributed by atoms with Gasteiger partial charge in [0.15, 0.2) is 5.96 Å². The summed E-state index contributed by atoms with van der Waals surface area (Å²) in [5.74, 6) is 0.934. The van der Waals surface area contributed by atoms with Gasteiger partial charge in [-0.15, -0.1) is 0 Å². The first-order valence-electron chi connectivity index (χ1n) is 11.1. The van der Waals surface area contributed by atoms with E-state index in [1.807, 2.05) is 7.05 Å². The number of hydrogen-bond donors (Lipinski definition) is 2. The van der Waals surface area contributed by atoms with E-state index in [0.717, 1.165) is 45.1 Å². The summed E-state index contributed by atoms with van der Waals surface area (Å²) in [4.78, 5) is 9.41. The standard InChI is InChI=1S/C24H37N5S/c1-20(28(3)17-21-7-5-4-6-8-21)9-13-26-24(25-2)27-23-10-14-29(15-11-23)18-22-12-16-30-19-22/h4-8,12,16,19-20,23H,9-11,13-15,17-18H2,1-3H3,(H2,25,26,27). The molecule has 0 bridgehead atoms. The van der Waals surface area contributed by atoms with Gasteiger partial charge in [-0.2, -0.15) is 11.3 Å². The van der Waals surface area contributed by atoms with Crippen molar-refractivity contribution in [1.29, 1.82) is 0 Å². The van der Waals surface area contributed by atoms with E-state index in [1.165, 1.54) is 24.0 Å². The van der Waals surface area contributed by atoms with Crippen molar-refractivity contribution in [2.75, 3.05) is 33.7 Å². The minimum absolute atomic E-state index is 0.508. The number of nitrogens with one attached hydrogen (secondary N) is 2. The van der Waals surface area contributed by atoms with Crippen LogP contribution >= 0.6 is 11.3 Å². The summed E-state index contributed by atoms with van der Waals surface area (Å²) < 4.78 is 0. The van der Waals surface area contributed by atoms with Gasteiger partial charge < -0.3 is 10.6 Å². The molecule has 6 heteroatoms. The monoisotopic (exact) mass is 427 g/mol. The molecule has 2 heterocycles. The minimum atomic E-state index is 0.508. The molecular formula is C24H37N5S. The Morgan fingerprint density at radius 3 is 2.63 bits per heavy atom. The molecule has 3 rings (SSSR count). The molecule has 2 N–H and O–H groups in total. The third-order valence-corrected chi connectivity index (χ3v) is 6.75. The number of guanidine groups is 1. The van der Waals surface area contributed by atoms with E-state index in [1.54, 1.807) is 11.3 Å². The van der Waals surface area contributed by atoms with Crippen molar-refractivity contribution < 1.29 is 0 Å². The third kappa shape index (κ3) is 7.42. The SMILES string of the molecule is CN=C(NCCC(C)N(C)Cc1ccccc1)NC1CCN(Cc2ccsc2)CC1. The third-order valence-electron chi connectivity index (χ3n) is 6.02. The van der Waals surface area contributed by atoms with Crippen LogP contribution < -0.4 is 10.6 Å². The summed E-state index contributed by atoms with van der Waals surface area (Å²) in [6, 6.07) is 13.9. The van der Waals surface area contributed by atoms with E-state index in [2.05, 4.69) is 86.6 Å². The zero-order chi connectivity index (χ0) is 21.2. The second kappa shape index (κ2) is 12.1. The molecule has 0 saturated carbocycles. The molecule has 1 aliphatic heterocycles. The number of piperidine rings is 1. The van der Waals surface area contributed by atoms with Crippen LogP contribution in [0.5, 0.6) is 0 Å². The highest BCUT2D eigenvalue weighted by Gasteiger charge is 2.20. The second-order valence-corrected chi connectivity index (χ2v) is 9.14. The Balaban J connectivity index is 1.33. The zero-order valence-corrected chi connectivity index (χ0v) is 19.5. The maximum absolute atomic E-state index is 4.44. The maximum Gasteiger partial charge on any atom is 0.191 e.